The van der Waals surface area contributed by atoms with Crippen LogP contribution in [0, 0.1) is 0 Å². The van der Waals surface area contributed by atoms with Crippen LogP contribution in [-0.4, -0.2) is 82.6 Å². The SMILES string of the molecule is O=C(c1cccc(-n2cc3cccc(Cl)c3c2O)c1)N1CCN(CCCN2CCCC2)CC1. The highest BCUT2D eigenvalue weighted by Crippen LogP contribution is 2.35. The summed E-state index contributed by atoms with van der Waals surface area (Å²) in [5, 5.41) is 12.7. The lowest BCUT2D eigenvalue weighted by Gasteiger charge is -2.35. The molecule has 2 saturated heterocycles. The van der Waals surface area contributed by atoms with Gasteiger partial charge < -0.3 is 14.9 Å². The number of fused-ring (bicyclic) bond motifs is 1. The summed E-state index contributed by atoms with van der Waals surface area (Å²) < 4.78 is 1.69. The van der Waals surface area contributed by atoms with Crippen LogP contribution in [0.4, 0.5) is 0 Å². The van der Waals surface area contributed by atoms with Crippen LogP contribution in [0.5, 0.6) is 5.88 Å². The van der Waals surface area contributed by atoms with Gasteiger partial charge in [0, 0.05) is 49.0 Å². The van der Waals surface area contributed by atoms with Gasteiger partial charge in [0.1, 0.15) is 0 Å². The van der Waals surface area contributed by atoms with Crippen molar-refractivity contribution in [3.8, 4) is 11.6 Å². The minimum absolute atomic E-state index is 0.0443. The number of hydrogen-bond donors (Lipinski definition) is 1. The lowest BCUT2D eigenvalue weighted by molar-refractivity contribution is 0.0633. The molecule has 3 aromatic rings. The Morgan fingerprint density at radius 1 is 0.909 bits per heavy atom. The van der Waals surface area contributed by atoms with E-state index < -0.39 is 0 Å². The number of halogens is 1. The van der Waals surface area contributed by atoms with Gasteiger partial charge >= 0.3 is 0 Å². The van der Waals surface area contributed by atoms with E-state index in [0.29, 0.717) is 16.0 Å². The molecule has 6 nitrogen and oxygen atoms in total. The van der Waals surface area contributed by atoms with Crippen molar-refractivity contribution in [2.45, 2.75) is 19.3 Å². The van der Waals surface area contributed by atoms with Crippen LogP contribution < -0.4 is 0 Å². The molecule has 174 valence electrons. The highest BCUT2D eigenvalue weighted by Gasteiger charge is 2.23. The topological polar surface area (TPSA) is 52.0 Å². The average Bonchev–Trinajstić information content (AvgIpc) is 3.48. The Bertz CT molecular complexity index is 1130. The van der Waals surface area contributed by atoms with Crippen molar-refractivity contribution < 1.29 is 9.90 Å². The number of aromatic hydroxyl groups is 1. The second-order valence-electron chi connectivity index (χ2n) is 9.11. The molecule has 0 bridgehead atoms. The zero-order chi connectivity index (χ0) is 22.8. The predicted octanol–water partition coefficient (Wildman–Crippen LogP) is 4.23. The Hall–Kier alpha value is -2.54. The third-order valence-corrected chi connectivity index (χ3v) is 7.26. The molecule has 5 rings (SSSR count). The van der Waals surface area contributed by atoms with E-state index in [9.17, 15) is 9.90 Å². The number of piperazine rings is 1. The quantitative estimate of drug-likeness (QED) is 0.590. The lowest BCUT2D eigenvalue weighted by Crippen LogP contribution is -2.49. The largest absolute Gasteiger partial charge is 0.494 e. The number of amides is 1. The molecule has 1 aromatic heterocycles. The van der Waals surface area contributed by atoms with E-state index in [4.69, 9.17) is 11.6 Å². The molecule has 2 aliphatic heterocycles. The van der Waals surface area contributed by atoms with Gasteiger partial charge in [0.25, 0.3) is 5.91 Å². The minimum Gasteiger partial charge on any atom is -0.494 e. The molecule has 0 spiro atoms. The molecule has 2 aliphatic rings. The summed E-state index contributed by atoms with van der Waals surface area (Å²) in [6.45, 7) is 8.16. The molecular weight excluding hydrogens is 436 g/mol. The van der Waals surface area contributed by atoms with Gasteiger partial charge in [-0.25, -0.2) is 0 Å². The van der Waals surface area contributed by atoms with Gasteiger partial charge in [-0.1, -0.05) is 29.8 Å². The van der Waals surface area contributed by atoms with Crippen molar-refractivity contribution in [1.82, 2.24) is 19.3 Å². The summed E-state index contributed by atoms with van der Waals surface area (Å²) in [6.07, 6.45) is 5.74. The van der Waals surface area contributed by atoms with Crippen molar-refractivity contribution in [3.63, 3.8) is 0 Å². The Labute approximate surface area is 199 Å². The fraction of sp³-hybridized carbons (Fsp3) is 0.423. The Morgan fingerprint density at radius 3 is 2.33 bits per heavy atom. The molecule has 1 amide bonds. The van der Waals surface area contributed by atoms with E-state index in [0.717, 1.165) is 43.8 Å². The number of carbonyl (C=O) groups is 1. The molecule has 3 heterocycles. The van der Waals surface area contributed by atoms with Crippen LogP contribution in [0.2, 0.25) is 5.02 Å². The number of nitrogens with zero attached hydrogens (tertiary/aromatic N) is 4. The molecule has 0 unspecified atom stereocenters. The monoisotopic (exact) mass is 466 g/mol. The molecule has 33 heavy (non-hydrogen) atoms. The van der Waals surface area contributed by atoms with E-state index in [-0.39, 0.29) is 11.8 Å². The maximum absolute atomic E-state index is 13.2. The van der Waals surface area contributed by atoms with Crippen molar-refractivity contribution >= 4 is 28.3 Å². The molecule has 7 heteroatoms. The Balaban J connectivity index is 1.22. The molecule has 2 fully saturated rings. The van der Waals surface area contributed by atoms with E-state index in [1.165, 1.54) is 38.9 Å². The normalized spacial score (nSPS) is 17.8. The van der Waals surface area contributed by atoms with Gasteiger partial charge in [-0.15, -0.1) is 0 Å². The standard InChI is InChI=1S/C26H31ClN4O2/c27-23-9-4-7-21-19-31(26(33)24(21)23)22-8-3-6-20(18-22)25(32)30-16-14-29(15-17-30)13-5-12-28-10-1-2-11-28/h3-4,6-9,18-19,33H,1-2,5,10-17H2. The number of rotatable bonds is 6. The summed E-state index contributed by atoms with van der Waals surface area (Å²) in [4.78, 5) is 20.2. The van der Waals surface area contributed by atoms with Gasteiger partial charge in [0.05, 0.1) is 10.4 Å². The molecular formula is C26H31ClN4O2. The third kappa shape index (κ3) is 4.74. The summed E-state index contributed by atoms with van der Waals surface area (Å²) >= 11 is 6.28. The van der Waals surface area contributed by atoms with Gasteiger partial charge in [-0.2, -0.15) is 0 Å². The van der Waals surface area contributed by atoms with Crippen LogP contribution in [-0.2, 0) is 0 Å². The maximum Gasteiger partial charge on any atom is 0.254 e. The van der Waals surface area contributed by atoms with E-state index in [2.05, 4.69) is 9.80 Å². The molecule has 0 aliphatic carbocycles. The van der Waals surface area contributed by atoms with E-state index >= 15 is 0 Å². The Kier molecular flexibility index (Phi) is 6.58. The summed E-state index contributed by atoms with van der Waals surface area (Å²) in [5.74, 6) is 0.130. The molecule has 0 radical (unpaired) electrons. The zero-order valence-electron chi connectivity index (χ0n) is 18.9. The smallest absolute Gasteiger partial charge is 0.254 e. The number of hydrogen-bond acceptors (Lipinski definition) is 4. The van der Waals surface area contributed by atoms with Gasteiger partial charge in [0.15, 0.2) is 0 Å². The van der Waals surface area contributed by atoms with Crippen LogP contribution in [0.15, 0.2) is 48.7 Å². The van der Waals surface area contributed by atoms with Crippen LogP contribution in [0.3, 0.4) is 0 Å². The third-order valence-electron chi connectivity index (χ3n) is 6.94. The Morgan fingerprint density at radius 2 is 1.61 bits per heavy atom. The van der Waals surface area contributed by atoms with E-state index in [1.54, 1.807) is 10.6 Å². The van der Waals surface area contributed by atoms with Crippen LogP contribution >= 0.6 is 11.6 Å². The second kappa shape index (κ2) is 9.75. The van der Waals surface area contributed by atoms with Crippen molar-refractivity contribution in [2.24, 2.45) is 0 Å². The first-order valence-electron chi connectivity index (χ1n) is 11.9. The van der Waals surface area contributed by atoms with Gasteiger partial charge in [0.2, 0.25) is 5.88 Å². The van der Waals surface area contributed by atoms with Crippen molar-refractivity contribution in [1.29, 1.82) is 0 Å². The number of aromatic nitrogens is 1. The van der Waals surface area contributed by atoms with Crippen LogP contribution in [0.25, 0.3) is 16.5 Å². The van der Waals surface area contributed by atoms with E-state index in [1.807, 2.05) is 47.5 Å². The first-order chi connectivity index (χ1) is 16.1. The number of carbonyl (C=O) groups excluding carboxylic acids is 1. The predicted molar refractivity (Wildman–Crippen MR) is 133 cm³/mol. The maximum atomic E-state index is 13.2. The molecule has 1 N–H and O–H groups in total. The summed E-state index contributed by atoms with van der Waals surface area (Å²) in [7, 11) is 0. The number of likely N-dealkylation sites (tertiary alicyclic amines) is 1. The highest BCUT2D eigenvalue weighted by atomic mass is 35.5. The summed E-state index contributed by atoms with van der Waals surface area (Å²) in [6, 6.07) is 13.0. The minimum atomic E-state index is 0.0443. The summed E-state index contributed by atoms with van der Waals surface area (Å²) in [5.41, 5.74) is 1.38. The highest BCUT2D eigenvalue weighted by molar-refractivity contribution is 6.36. The van der Waals surface area contributed by atoms with Crippen molar-refractivity contribution in [2.75, 3.05) is 52.4 Å². The second-order valence-corrected chi connectivity index (χ2v) is 9.52. The number of benzene rings is 2. The first-order valence-corrected chi connectivity index (χ1v) is 12.3. The fourth-order valence-corrected chi connectivity index (χ4v) is 5.34. The molecule has 0 saturated carbocycles. The average molecular weight is 467 g/mol. The molecule has 2 aromatic carbocycles. The lowest BCUT2D eigenvalue weighted by atomic mass is 10.1. The fourth-order valence-electron chi connectivity index (χ4n) is 5.07. The molecule has 0 atom stereocenters. The van der Waals surface area contributed by atoms with Gasteiger partial charge in [-0.05, 0) is 69.7 Å². The van der Waals surface area contributed by atoms with Crippen LogP contribution in [0.1, 0.15) is 29.6 Å². The van der Waals surface area contributed by atoms with Crippen molar-refractivity contribution in [3.05, 3.63) is 59.2 Å². The van der Waals surface area contributed by atoms with Gasteiger partial charge in [-0.3, -0.25) is 14.3 Å². The zero-order valence-corrected chi connectivity index (χ0v) is 19.7. The first kappa shape index (κ1) is 22.3.